The van der Waals surface area contributed by atoms with Gasteiger partial charge in [-0.1, -0.05) is 0 Å². The van der Waals surface area contributed by atoms with Gasteiger partial charge >= 0.3 is 0 Å². The standard InChI is InChI=1S/C8H22N2.C7H19N2.BrH/c1-9(2,3)7-8-10(4,5)6;1-8(2)6-7-9(3,4)5;/h7-8H2,1-6H3;6-7H2,1-5H3;1H/q+2;+1;/p-1. The van der Waals surface area contributed by atoms with Crippen LogP contribution in [0.1, 0.15) is 0 Å². The van der Waals surface area contributed by atoms with Gasteiger partial charge in [0.15, 0.2) is 0 Å². The maximum absolute atomic E-state index is 2.23. The fraction of sp³-hybridized carbons (Fsp3) is 1.00. The predicted octanol–water partition coefficient (Wildman–Crippen LogP) is -2.34. The smallest absolute Gasteiger partial charge is 0.128 e. The molecule has 0 aliphatic carbocycles. The number of hydrogen-bond donors (Lipinski definition) is 0. The Morgan fingerprint density at radius 1 is 0.550 bits per heavy atom. The monoisotopic (exact) mass is 356 g/mol. The molecule has 126 valence electrons. The van der Waals surface area contributed by atoms with Crippen LogP contribution in [0.3, 0.4) is 0 Å². The van der Waals surface area contributed by atoms with Gasteiger partial charge in [0, 0.05) is 6.54 Å². The van der Waals surface area contributed by atoms with Gasteiger partial charge in [0.2, 0.25) is 0 Å². The maximum Gasteiger partial charge on any atom is 0.128 e. The van der Waals surface area contributed by atoms with Crippen LogP contribution < -0.4 is 17.0 Å². The summed E-state index contributed by atoms with van der Waals surface area (Å²) in [5, 5.41) is 0. The van der Waals surface area contributed by atoms with E-state index in [1.165, 1.54) is 26.2 Å². The number of quaternary nitrogens is 3. The van der Waals surface area contributed by atoms with Gasteiger partial charge in [-0.15, -0.1) is 0 Å². The molecular weight excluding hydrogens is 316 g/mol. The zero-order valence-corrected chi connectivity index (χ0v) is 17.6. The molecule has 0 fully saturated rings. The lowest BCUT2D eigenvalue weighted by molar-refractivity contribution is -0.927. The van der Waals surface area contributed by atoms with Crippen LogP contribution in [0.5, 0.6) is 0 Å². The van der Waals surface area contributed by atoms with E-state index in [2.05, 4.69) is 82.4 Å². The molecule has 0 aromatic carbocycles. The molecule has 0 aromatic rings. The molecule has 0 unspecified atom stereocenters. The van der Waals surface area contributed by atoms with Crippen molar-refractivity contribution in [3.63, 3.8) is 0 Å². The largest absolute Gasteiger partial charge is 1.00 e. The first-order valence-electron chi connectivity index (χ1n) is 7.18. The van der Waals surface area contributed by atoms with Crippen molar-refractivity contribution in [1.29, 1.82) is 0 Å². The quantitative estimate of drug-likeness (QED) is 0.482. The summed E-state index contributed by atoms with van der Waals surface area (Å²) < 4.78 is 3.18. The highest BCUT2D eigenvalue weighted by Crippen LogP contribution is 1.94. The fourth-order valence-electron chi connectivity index (χ4n) is 1.10. The van der Waals surface area contributed by atoms with E-state index in [1.54, 1.807) is 0 Å². The van der Waals surface area contributed by atoms with Crippen molar-refractivity contribution >= 4 is 0 Å². The third-order valence-corrected chi connectivity index (χ3v) is 2.66. The topological polar surface area (TPSA) is 3.24 Å². The normalized spacial score (nSPS) is 12.6. The average molecular weight is 357 g/mol. The Bertz CT molecular complexity index is 207. The second-order valence-electron chi connectivity index (χ2n) is 8.85. The number of halogens is 1. The van der Waals surface area contributed by atoms with E-state index in [1.807, 2.05) is 0 Å². The molecule has 4 nitrogen and oxygen atoms in total. The summed E-state index contributed by atoms with van der Waals surface area (Å²) in [6.07, 6.45) is 0. The summed E-state index contributed by atoms with van der Waals surface area (Å²) in [4.78, 5) is 2.21. The van der Waals surface area contributed by atoms with Crippen molar-refractivity contribution in [3.05, 3.63) is 0 Å². The summed E-state index contributed by atoms with van der Waals surface area (Å²) >= 11 is 0. The van der Waals surface area contributed by atoms with E-state index in [-0.39, 0.29) is 17.0 Å². The van der Waals surface area contributed by atoms with Gasteiger partial charge in [-0.05, 0) is 14.1 Å². The van der Waals surface area contributed by atoms with Crippen LogP contribution >= 0.6 is 0 Å². The summed E-state index contributed by atoms with van der Waals surface area (Å²) in [6, 6.07) is 0. The molecule has 0 bridgehead atoms. The highest BCUT2D eigenvalue weighted by atomic mass is 79.9. The molecule has 0 heterocycles. The SMILES string of the molecule is CN(C)CC[N+](C)(C)C.C[N+](C)(C)CC[N+](C)(C)C.[Br-]. The first-order valence-corrected chi connectivity index (χ1v) is 7.18. The molecule has 0 amide bonds. The molecule has 0 rings (SSSR count). The van der Waals surface area contributed by atoms with Gasteiger partial charge in [0.25, 0.3) is 0 Å². The molecular formula is C15H41BrN4+2. The second-order valence-corrected chi connectivity index (χ2v) is 8.85. The van der Waals surface area contributed by atoms with Gasteiger partial charge in [-0.3, -0.25) is 0 Å². The Balaban J connectivity index is -0.000000277. The molecule has 20 heavy (non-hydrogen) atoms. The van der Waals surface area contributed by atoms with E-state index in [4.69, 9.17) is 0 Å². The number of likely N-dealkylation sites (N-methyl/N-ethyl adjacent to an activating group) is 4. The van der Waals surface area contributed by atoms with Crippen LogP contribution in [0.25, 0.3) is 0 Å². The Hall–Kier alpha value is 0.320. The van der Waals surface area contributed by atoms with Gasteiger partial charge in [0.1, 0.15) is 13.1 Å². The Morgan fingerprint density at radius 3 is 0.900 bits per heavy atom. The molecule has 0 aliphatic heterocycles. The summed E-state index contributed by atoms with van der Waals surface area (Å²) in [7, 11) is 24.2. The van der Waals surface area contributed by atoms with Crippen LogP contribution in [0, 0.1) is 0 Å². The van der Waals surface area contributed by atoms with Crippen LogP contribution in [-0.4, -0.2) is 122 Å². The van der Waals surface area contributed by atoms with Gasteiger partial charge in [-0.2, -0.15) is 0 Å². The fourth-order valence-corrected chi connectivity index (χ4v) is 1.10. The lowest BCUT2D eigenvalue weighted by Gasteiger charge is -2.30. The predicted molar refractivity (Wildman–Crippen MR) is 87.3 cm³/mol. The van der Waals surface area contributed by atoms with Crippen LogP contribution in [0.15, 0.2) is 0 Å². The van der Waals surface area contributed by atoms with Gasteiger partial charge < -0.3 is 35.3 Å². The van der Waals surface area contributed by atoms with E-state index in [0.717, 1.165) is 13.4 Å². The lowest BCUT2D eigenvalue weighted by atomic mass is 10.4. The Kier molecular flexibility index (Phi) is 12.8. The van der Waals surface area contributed by atoms with Crippen molar-refractivity contribution in [2.45, 2.75) is 0 Å². The second kappa shape index (κ2) is 10.1. The molecule has 0 aromatic heterocycles. The minimum absolute atomic E-state index is 0. The van der Waals surface area contributed by atoms with Gasteiger partial charge in [-0.25, -0.2) is 0 Å². The number of nitrogens with zero attached hydrogens (tertiary/aromatic N) is 4. The van der Waals surface area contributed by atoms with Crippen LogP contribution in [-0.2, 0) is 0 Å². The first-order chi connectivity index (χ1) is 8.12. The molecule has 5 heteroatoms. The van der Waals surface area contributed by atoms with Crippen molar-refractivity contribution < 1.29 is 30.4 Å². The minimum atomic E-state index is 0. The van der Waals surface area contributed by atoms with Crippen LogP contribution in [0.2, 0.25) is 0 Å². The van der Waals surface area contributed by atoms with Crippen molar-refractivity contribution in [2.24, 2.45) is 0 Å². The number of hydrogen-bond acceptors (Lipinski definition) is 1. The molecule has 0 atom stereocenters. The van der Waals surface area contributed by atoms with E-state index in [0.29, 0.717) is 0 Å². The number of rotatable bonds is 6. The lowest BCUT2D eigenvalue weighted by Crippen LogP contribution is -3.00. The third-order valence-electron chi connectivity index (χ3n) is 2.66. The summed E-state index contributed by atoms with van der Waals surface area (Å²) in [5.74, 6) is 0. The van der Waals surface area contributed by atoms with Crippen LogP contribution in [0.4, 0.5) is 0 Å². The Labute approximate surface area is 139 Å². The highest BCUT2D eigenvalue weighted by molar-refractivity contribution is 4.38. The van der Waals surface area contributed by atoms with Crippen molar-refractivity contribution in [3.8, 4) is 0 Å². The molecule has 0 spiro atoms. The van der Waals surface area contributed by atoms with E-state index >= 15 is 0 Å². The molecule has 0 saturated carbocycles. The highest BCUT2D eigenvalue weighted by Gasteiger charge is 2.14. The first kappa shape index (κ1) is 25.3. The van der Waals surface area contributed by atoms with E-state index in [9.17, 15) is 0 Å². The summed E-state index contributed by atoms with van der Waals surface area (Å²) in [6.45, 7) is 4.86. The Morgan fingerprint density at radius 2 is 0.800 bits per heavy atom. The average Bonchev–Trinajstić information content (AvgIpc) is 2.10. The third kappa shape index (κ3) is 31.0. The molecule has 0 aliphatic rings. The van der Waals surface area contributed by atoms with Crippen molar-refractivity contribution in [1.82, 2.24) is 4.90 Å². The molecule has 0 radical (unpaired) electrons. The molecule has 0 saturated heterocycles. The zero-order valence-electron chi connectivity index (χ0n) is 16.0. The minimum Gasteiger partial charge on any atom is -1.00 e. The maximum atomic E-state index is 2.23. The summed E-state index contributed by atoms with van der Waals surface area (Å²) in [5.41, 5.74) is 0. The van der Waals surface area contributed by atoms with Crippen molar-refractivity contribution in [2.75, 3.05) is 104 Å². The van der Waals surface area contributed by atoms with Gasteiger partial charge in [0.05, 0.1) is 70.0 Å². The zero-order chi connectivity index (χ0) is 15.9. The van der Waals surface area contributed by atoms with E-state index < -0.39 is 0 Å². The molecule has 0 N–H and O–H groups in total.